The van der Waals surface area contributed by atoms with Crippen LogP contribution in [-0.4, -0.2) is 18.2 Å². The van der Waals surface area contributed by atoms with Crippen LogP contribution in [0, 0.1) is 5.82 Å². The van der Waals surface area contributed by atoms with Crippen LogP contribution in [-0.2, 0) is 5.41 Å². The molecule has 5 heteroatoms. The molecule has 0 saturated heterocycles. The average Bonchev–Trinajstić information content (AvgIpc) is 2.83. The van der Waals surface area contributed by atoms with Crippen molar-refractivity contribution in [3.63, 3.8) is 0 Å². The third-order valence-corrected chi connectivity index (χ3v) is 4.56. The first-order valence-electron chi connectivity index (χ1n) is 7.11. The Morgan fingerprint density at radius 1 is 1.09 bits per heavy atom. The van der Waals surface area contributed by atoms with Gasteiger partial charge < -0.3 is 4.74 Å². The zero-order valence-electron chi connectivity index (χ0n) is 12.7. The third kappa shape index (κ3) is 2.81. The Balaban J connectivity index is 1.94. The van der Waals surface area contributed by atoms with E-state index in [1.165, 1.54) is 12.1 Å². The van der Waals surface area contributed by atoms with E-state index in [9.17, 15) is 14.0 Å². The van der Waals surface area contributed by atoms with E-state index < -0.39 is 17.4 Å². The SMILES string of the molecule is CC1(C)COc2ccc(C(=O)C(=O)c3ccc(F)c(Br)c3)cc21. The highest BCUT2D eigenvalue weighted by atomic mass is 79.9. The average molecular weight is 377 g/mol. The molecule has 23 heavy (non-hydrogen) atoms. The van der Waals surface area contributed by atoms with Crippen molar-refractivity contribution in [2.45, 2.75) is 19.3 Å². The summed E-state index contributed by atoms with van der Waals surface area (Å²) in [5.41, 5.74) is 1.18. The second kappa shape index (κ2) is 5.57. The minimum Gasteiger partial charge on any atom is -0.492 e. The monoisotopic (exact) mass is 376 g/mol. The van der Waals surface area contributed by atoms with E-state index >= 15 is 0 Å². The van der Waals surface area contributed by atoms with Gasteiger partial charge in [0, 0.05) is 22.1 Å². The van der Waals surface area contributed by atoms with E-state index in [0.29, 0.717) is 12.2 Å². The number of ketones is 2. The Kier molecular flexibility index (Phi) is 3.84. The van der Waals surface area contributed by atoms with Crippen molar-refractivity contribution in [2.75, 3.05) is 6.61 Å². The van der Waals surface area contributed by atoms with Gasteiger partial charge in [-0.15, -0.1) is 0 Å². The van der Waals surface area contributed by atoms with Crippen molar-refractivity contribution in [1.29, 1.82) is 0 Å². The first-order chi connectivity index (χ1) is 10.8. The number of carbonyl (C=O) groups excluding carboxylic acids is 2. The molecule has 0 fully saturated rings. The second-order valence-electron chi connectivity index (χ2n) is 6.17. The van der Waals surface area contributed by atoms with Gasteiger partial charge in [0.15, 0.2) is 0 Å². The minimum absolute atomic E-state index is 0.152. The number of carbonyl (C=O) groups is 2. The summed E-state index contributed by atoms with van der Waals surface area (Å²) < 4.78 is 19.0. The highest BCUT2D eigenvalue weighted by molar-refractivity contribution is 9.10. The van der Waals surface area contributed by atoms with Crippen molar-refractivity contribution in [1.82, 2.24) is 0 Å². The molecule has 0 radical (unpaired) electrons. The molecule has 1 aliphatic heterocycles. The number of fused-ring (bicyclic) bond motifs is 1. The van der Waals surface area contributed by atoms with Crippen LogP contribution >= 0.6 is 15.9 Å². The molecule has 0 aromatic heterocycles. The summed E-state index contributed by atoms with van der Waals surface area (Å²) >= 11 is 3.02. The van der Waals surface area contributed by atoms with E-state index in [1.807, 2.05) is 13.8 Å². The largest absolute Gasteiger partial charge is 0.492 e. The molecule has 0 aliphatic carbocycles. The standard InChI is InChI=1S/C18H14BrFO3/c1-18(2)9-23-15-6-4-10(7-12(15)18)16(21)17(22)11-3-5-14(20)13(19)8-11/h3-8H,9H2,1-2H3. The van der Waals surface area contributed by atoms with Gasteiger partial charge in [0.2, 0.25) is 11.6 Å². The van der Waals surface area contributed by atoms with E-state index in [-0.39, 0.29) is 15.5 Å². The zero-order chi connectivity index (χ0) is 16.8. The predicted molar refractivity (Wildman–Crippen MR) is 87.7 cm³/mol. The molecule has 118 valence electrons. The molecular weight excluding hydrogens is 363 g/mol. The van der Waals surface area contributed by atoms with Gasteiger partial charge in [-0.2, -0.15) is 0 Å². The molecule has 0 amide bonds. The lowest BCUT2D eigenvalue weighted by molar-refractivity contribution is 0.0817. The molecule has 2 aromatic rings. The van der Waals surface area contributed by atoms with Gasteiger partial charge in [-0.05, 0) is 52.3 Å². The number of ether oxygens (including phenoxy) is 1. The maximum atomic E-state index is 13.3. The fourth-order valence-electron chi connectivity index (χ4n) is 2.56. The molecule has 3 rings (SSSR count). The molecule has 1 aliphatic rings. The van der Waals surface area contributed by atoms with Gasteiger partial charge in [0.25, 0.3) is 0 Å². The van der Waals surface area contributed by atoms with Crippen molar-refractivity contribution in [3.05, 3.63) is 63.4 Å². The molecule has 0 saturated carbocycles. The Hall–Kier alpha value is -2.01. The molecule has 2 aromatic carbocycles. The van der Waals surface area contributed by atoms with Crippen LogP contribution in [0.4, 0.5) is 4.39 Å². The summed E-state index contributed by atoms with van der Waals surface area (Å²) in [5, 5.41) is 0. The highest BCUT2D eigenvalue weighted by Crippen LogP contribution is 2.38. The first kappa shape index (κ1) is 15.9. The number of benzene rings is 2. The summed E-state index contributed by atoms with van der Waals surface area (Å²) in [4.78, 5) is 24.8. The highest BCUT2D eigenvalue weighted by Gasteiger charge is 2.33. The third-order valence-electron chi connectivity index (χ3n) is 3.95. The van der Waals surface area contributed by atoms with Crippen molar-refractivity contribution < 1.29 is 18.7 Å². The van der Waals surface area contributed by atoms with Gasteiger partial charge in [-0.1, -0.05) is 13.8 Å². The number of rotatable bonds is 3. The summed E-state index contributed by atoms with van der Waals surface area (Å²) in [6.07, 6.45) is 0. The van der Waals surface area contributed by atoms with Crippen molar-refractivity contribution >= 4 is 27.5 Å². The number of hydrogen-bond acceptors (Lipinski definition) is 3. The topological polar surface area (TPSA) is 43.4 Å². The molecule has 0 spiro atoms. The minimum atomic E-state index is -0.664. The molecule has 0 bridgehead atoms. The first-order valence-corrected chi connectivity index (χ1v) is 7.90. The molecule has 3 nitrogen and oxygen atoms in total. The fraction of sp³-hybridized carbons (Fsp3) is 0.222. The lowest BCUT2D eigenvalue weighted by Crippen LogP contribution is -2.19. The molecule has 0 unspecified atom stereocenters. The maximum Gasteiger partial charge on any atom is 0.233 e. The summed E-state index contributed by atoms with van der Waals surface area (Å²) in [6.45, 7) is 4.58. The van der Waals surface area contributed by atoms with Crippen LogP contribution in [0.25, 0.3) is 0 Å². The van der Waals surface area contributed by atoms with Crippen molar-refractivity contribution in [2.24, 2.45) is 0 Å². The Labute approximate surface area is 141 Å². The lowest BCUT2D eigenvalue weighted by atomic mass is 9.85. The Morgan fingerprint density at radius 2 is 1.70 bits per heavy atom. The number of hydrogen-bond donors (Lipinski definition) is 0. The van der Waals surface area contributed by atoms with Gasteiger partial charge in [-0.3, -0.25) is 9.59 Å². The summed E-state index contributed by atoms with van der Waals surface area (Å²) in [6, 6.07) is 8.78. The quantitative estimate of drug-likeness (QED) is 0.591. The Morgan fingerprint density at radius 3 is 2.35 bits per heavy atom. The number of Topliss-reactive ketones (excluding diaryl/α,β-unsaturated/α-hetero) is 2. The maximum absolute atomic E-state index is 13.3. The van der Waals surface area contributed by atoms with Crippen LogP contribution in [0.15, 0.2) is 40.9 Å². The van der Waals surface area contributed by atoms with Crippen LogP contribution in [0.1, 0.15) is 40.1 Å². The summed E-state index contributed by atoms with van der Waals surface area (Å²) in [7, 11) is 0. The van der Waals surface area contributed by atoms with Crippen LogP contribution in [0.5, 0.6) is 5.75 Å². The number of halogens is 2. The van der Waals surface area contributed by atoms with E-state index in [0.717, 1.165) is 17.4 Å². The van der Waals surface area contributed by atoms with Gasteiger partial charge in [0.05, 0.1) is 11.1 Å². The normalized spacial score (nSPS) is 15.0. The predicted octanol–water partition coefficient (Wildman–Crippen LogP) is 4.32. The zero-order valence-corrected chi connectivity index (χ0v) is 14.2. The van der Waals surface area contributed by atoms with Crippen LogP contribution < -0.4 is 4.74 Å². The van der Waals surface area contributed by atoms with Crippen LogP contribution in [0.2, 0.25) is 0 Å². The van der Waals surface area contributed by atoms with Crippen molar-refractivity contribution in [3.8, 4) is 5.75 Å². The molecule has 0 N–H and O–H groups in total. The molecular formula is C18H14BrFO3. The molecule has 0 atom stereocenters. The van der Waals surface area contributed by atoms with E-state index in [4.69, 9.17) is 4.74 Å². The van der Waals surface area contributed by atoms with Gasteiger partial charge >= 0.3 is 0 Å². The lowest BCUT2D eigenvalue weighted by Gasteiger charge is -2.15. The van der Waals surface area contributed by atoms with Gasteiger partial charge in [0.1, 0.15) is 11.6 Å². The fourth-order valence-corrected chi connectivity index (χ4v) is 2.94. The second-order valence-corrected chi connectivity index (χ2v) is 7.02. The van der Waals surface area contributed by atoms with E-state index in [2.05, 4.69) is 15.9 Å². The summed E-state index contributed by atoms with van der Waals surface area (Å²) in [5.74, 6) is -1.02. The van der Waals surface area contributed by atoms with Gasteiger partial charge in [-0.25, -0.2) is 4.39 Å². The van der Waals surface area contributed by atoms with E-state index in [1.54, 1.807) is 18.2 Å². The smallest absolute Gasteiger partial charge is 0.233 e. The Bertz CT molecular complexity index is 827. The molecule has 1 heterocycles. The van der Waals surface area contributed by atoms with Crippen LogP contribution in [0.3, 0.4) is 0 Å².